The molecule has 0 amide bonds. The maximum atomic E-state index is 6.08. The van der Waals surface area contributed by atoms with Crippen LogP contribution in [-0.2, 0) is 0 Å². The average molecular weight is 365 g/mol. The van der Waals surface area contributed by atoms with Crippen LogP contribution in [0.4, 0.5) is 5.69 Å². The van der Waals surface area contributed by atoms with Gasteiger partial charge in [-0.25, -0.2) is 0 Å². The summed E-state index contributed by atoms with van der Waals surface area (Å²) < 4.78 is 7.43. The third kappa shape index (κ3) is 2.86. The molecule has 2 heterocycles. The third-order valence-electron chi connectivity index (χ3n) is 4.31. The Bertz CT molecular complexity index is 1070. The number of halogens is 1. The fourth-order valence-corrected chi connectivity index (χ4v) is 3.09. The molecule has 0 fully saturated rings. The molecule has 6 heteroatoms. The van der Waals surface area contributed by atoms with Crippen molar-refractivity contribution in [1.29, 1.82) is 0 Å². The lowest BCUT2D eigenvalue weighted by atomic mass is 10.1. The fourth-order valence-electron chi connectivity index (χ4n) is 2.92. The lowest BCUT2D eigenvalue weighted by molar-refractivity contribution is 0.416. The molecule has 4 rings (SSSR count). The maximum absolute atomic E-state index is 6.08. The average Bonchev–Trinajstić information content (AvgIpc) is 3.11. The molecule has 2 aromatic carbocycles. The predicted octanol–water partition coefficient (Wildman–Crippen LogP) is 4.77. The van der Waals surface area contributed by atoms with Gasteiger partial charge in [-0.1, -0.05) is 23.7 Å². The molecule has 5 nitrogen and oxygen atoms in total. The zero-order chi connectivity index (χ0) is 18.1. The Hall–Kier alpha value is -3.05. The van der Waals surface area contributed by atoms with E-state index in [1.54, 1.807) is 13.2 Å². The van der Waals surface area contributed by atoms with E-state index in [2.05, 4.69) is 39.8 Å². The molecule has 2 aromatic heterocycles. The van der Waals surface area contributed by atoms with Crippen LogP contribution in [0.3, 0.4) is 0 Å². The summed E-state index contributed by atoms with van der Waals surface area (Å²) in [4.78, 5) is 0. The van der Waals surface area contributed by atoms with Crippen LogP contribution in [0.5, 0.6) is 5.75 Å². The highest BCUT2D eigenvalue weighted by molar-refractivity contribution is 6.30. The van der Waals surface area contributed by atoms with Gasteiger partial charge in [0.25, 0.3) is 0 Å². The number of anilines is 1. The number of aromatic nitrogens is 3. The van der Waals surface area contributed by atoms with E-state index in [0.717, 1.165) is 28.0 Å². The smallest absolute Gasteiger partial charge is 0.172 e. The van der Waals surface area contributed by atoms with Crippen LogP contribution in [0.1, 0.15) is 0 Å². The molecule has 0 bridgehead atoms. The number of fused-ring (bicyclic) bond motifs is 1. The Kier molecular flexibility index (Phi) is 4.22. The highest BCUT2D eigenvalue weighted by Crippen LogP contribution is 2.32. The molecule has 0 spiro atoms. The predicted molar refractivity (Wildman–Crippen MR) is 105 cm³/mol. The van der Waals surface area contributed by atoms with Crippen LogP contribution in [0.15, 0.2) is 60.8 Å². The first-order chi connectivity index (χ1) is 12.7. The summed E-state index contributed by atoms with van der Waals surface area (Å²) in [7, 11) is 3.52. The van der Waals surface area contributed by atoms with Gasteiger partial charge in [-0.3, -0.25) is 4.40 Å². The molecule has 0 saturated carbocycles. The van der Waals surface area contributed by atoms with Crippen LogP contribution in [0, 0.1) is 0 Å². The number of pyridine rings is 1. The first-order valence-electron chi connectivity index (χ1n) is 8.16. The summed E-state index contributed by atoms with van der Waals surface area (Å²) in [5.41, 5.74) is 4.88. The van der Waals surface area contributed by atoms with Crippen molar-refractivity contribution < 1.29 is 4.74 Å². The van der Waals surface area contributed by atoms with Crippen molar-refractivity contribution in [2.45, 2.75) is 0 Å². The Morgan fingerprint density at radius 3 is 2.46 bits per heavy atom. The van der Waals surface area contributed by atoms with Crippen molar-refractivity contribution in [3.63, 3.8) is 0 Å². The molecule has 0 radical (unpaired) electrons. The van der Waals surface area contributed by atoms with Crippen molar-refractivity contribution in [3.8, 4) is 28.3 Å². The van der Waals surface area contributed by atoms with E-state index in [1.165, 1.54) is 0 Å². The van der Waals surface area contributed by atoms with Gasteiger partial charge in [-0.2, -0.15) is 0 Å². The normalized spacial score (nSPS) is 10.9. The van der Waals surface area contributed by atoms with Crippen LogP contribution in [-0.4, -0.2) is 28.8 Å². The quantitative estimate of drug-likeness (QED) is 0.567. The zero-order valence-electron chi connectivity index (χ0n) is 14.4. The van der Waals surface area contributed by atoms with E-state index < -0.39 is 0 Å². The van der Waals surface area contributed by atoms with Gasteiger partial charge < -0.3 is 10.1 Å². The van der Waals surface area contributed by atoms with E-state index in [1.807, 2.05) is 41.9 Å². The van der Waals surface area contributed by atoms with Gasteiger partial charge in [0, 0.05) is 24.0 Å². The van der Waals surface area contributed by atoms with Gasteiger partial charge in [-0.15, -0.1) is 10.2 Å². The highest BCUT2D eigenvalue weighted by Gasteiger charge is 2.14. The minimum absolute atomic E-state index is 0.615. The molecule has 0 unspecified atom stereocenters. The second-order valence-electron chi connectivity index (χ2n) is 5.84. The molecule has 26 heavy (non-hydrogen) atoms. The van der Waals surface area contributed by atoms with Crippen molar-refractivity contribution >= 4 is 22.9 Å². The van der Waals surface area contributed by atoms with Gasteiger partial charge in [0.15, 0.2) is 11.5 Å². The van der Waals surface area contributed by atoms with E-state index in [0.29, 0.717) is 16.6 Å². The molecule has 1 N–H and O–H groups in total. The van der Waals surface area contributed by atoms with E-state index in [4.69, 9.17) is 16.3 Å². The van der Waals surface area contributed by atoms with Crippen molar-refractivity contribution in [1.82, 2.24) is 14.6 Å². The maximum Gasteiger partial charge on any atom is 0.172 e. The topological polar surface area (TPSA) is 51.5 Å². The van der Waals surface area contributed by atoms with Gasteiger partial charge in [-0.05, 0) is 53.6 Å². The standard InChI is InChI=1S/C20H17ClN4O/c1-22-16-7-3-13(4-8-16)14-5-10-19-23-24-20(25(19)12-14)17-9-6-15(21)11-18(17)26-2/h3-12,22H,1-2H3. The number of ether oxygens (including phenoxy) is 1. The second-order valence-corrected chi connectivity index (χ2v) is 6.28. The lowest BCUT2D eigenvalue weighted by Crippen LogP contribution is -1.94. The van der Waals surface area contributed by atoms with Crippen molar-refractivity contribution in [2.75, 3.05) is 19.5 Å². The monoisotopic (exact) mass is 364 g/mol. The molecule has 0 aliphatic heterocycles. The minimum Gasteiger partial charge on any atom is -0.496 e. The Labute approximate surface area is 156 Å². The summed E-state index contributed by atoms with van der Waals surface area (Å²) in [5.74, 6) is 1.37. The Morgan fingerprint density at radius 1 is 0.962 bits per heavy atom. The summed E-state index contributed by atoms with van der Waals surface area (Å²) in [6.45, 7) is 0. The first kappa shape index (κ1) is 16.4. The third-order valence-corrected chi connectivity index (χ3v) is 4.55. The molecule has 130 valence electrons. The molecule has 0 aliphatic carbocycles. The van der Waals surface area contributed by atoms with E-state index in [9.17, 15) is 0 Å². The van der Waals surface area contributed by atoms with E-state index in [-0.39, 0.29) is 0 Å². The molecule has 0 atom stereocenters. The zero-order valence-corrected chi connectivity index (χ0v) is 15.2. The van der Waals surface area contributed by atoms with E-state index >= 15 is 0 Å². The minimum atomic E-state index is 0.615. The Balaban J connectivity index is 1.85. The lowest BCUT2D eigenvalue weighted by Gasteiger charge is -2.09. The van der Waals surface area contributed by atoms with Crippen LogP contribution in [0.25, 0.3) is 28.2 Å². The first-order valence-corrected chi connectivity index (χ1v) is 8.54. The van der Waals surface area contributed by atoms with Gasteiger partial charge in [0.1, 0.15) is 5.75 Å². The number of methoxy groups -OCH3 is 1. The van der Waals surface area contributed by atoms with Gasteiger partial charge in [0.2, 0.25) is 0 Å². The molecule has 4 aromatic rings. The number of hydrogen-bond donors (Lipinski definition) is 1. The van der Waals surface area contributed by atoms with Crippen LogP contribution in [0.2, 0.25) is 5.02 Å². The molecular formula is C20H17ClN4O. The van der Waals surface area contributed by atoms with Gasteiger partial charge >= 0.3 is 0 Å². The number of nitrogens with one attached hydrogen (secondary N) is 1. The largest absolute Gasteiger partial charge is 0.496 e. The molecule has 0 aliphatic rings. The SMILES string of the molecule is CNc1ccc(-c2ccc3nnc(-c4ccc(Cl)cc4OC)n3c2)cc1. The summed E-state index contributed by atoms with van der Waals surface area (Å²) in [5, 5.41) is 12.4. The van der Waals surface area contributed by atoms with Crippen LogP contribution < -0.4 is 10.1 Å². The highest BCUT2D eigenvalue weighted by atomic mass is 35.5. The van der Waals surface area contributed by atoms with Gasteiger partial charge in [0.05, 0.1) is 12.7 Å². The molecule has 0 saturated heterocycles. The number of nitrogens with zero attached hydrogens (tertiary/aromatic N) is 3. The summed E-state index contributed by atoms with van der Waals surface area (Å²) >= 11 is 6.08. The summed E-state index contributed by atoms with van der Waals surface area (Å²) in [6.07, 6.45) is 2.03. The second kappa shape index (κ2) is 6.69. The van der Waals surface area contributed by atoms with Crippen molar-refractivity contribution in [2.24, 2.45) is 0 Å². The number of rotatable bonds is 4. The number of benzene rings is 2. The van der Waals surface area contributed by atoms with Crippen LogP contribution >= 0.6 is 11.6 Å². The Morgan fingerprint density at radius 2 is 1.73 bits per heavy atom. The fraction of sp³-hybridized carbons (Fsp3) is 0.100. The number of hydrogen-bond acceptors (Lipinski definition) is 4. The summed E-state index contributed by atoms with van der Waals surface area (Å²) in [6, 6.07) is 17.8. The van der Waals surface area contributed by atoms with Crippen molar-refractivity contribution in [3.05, 3.63) is 65.8 Å². The molecular weight excluding hydrogens is 348 g/mol.